The summed E-state index contributed by atoms with van der Waals surface area (Å²) in [5.41, 5.74) is -1.68. The average Bonchev–Trinajstić information content (AvgIpc) is 3.42. The van der Waals surface area contributed by atoms with Crippen LogP contribution in [0, 0.1) is 17.8 Å². The maximum absolute atomic E-state index is 14.5. The number of ether oxygens (including phenoxy) is 1. The molecule has 3 amide bonds. The van der Waals surface area contributed by atoms with Crippen LogP contribution < -0.4 is 0 Å². The maximum atomic E-state index is 14.5. The highest BCUT2D eigenvalue weighted by Crippen LogP contribution is 2.66. The Morgan fingerprint density at radius 2 is 1.80 bits per heavy atom. The Balaban J connectivity index is 1.82. The van der Waals surface area contributed by atoms with Gasteiger partial charge in [-0.1, -0.05) is 49.4 Å². The van der Waals surface area contributed by atoms with Gasteiger partial charge in [0.1, 0.15) is 11.6 Å². The van der Waals surface area contributed by atoms with Crippen LogP contribution in [0.15, 0.2) is 55.6 Å². The minimum absolute atomic E-state index is 0.0741. The molecule has 4 rings (SSSR count). The summed E-state index contributed by atoms with van der Waals surface area (Å²) < 4.78 is 6.88. The van der Waals surface area contributed by atoms with E-state index in [-0.39, 0.29) is 30.2 Å². The Labute approximate surface area is 238 Å². The quantitative estimate of drug-likeness (QED) is 0.450. The number of carbonyl (C=O) groups excluding carboxylic acids is 3. The first kappa shape index (κ1) is 30.0. The lowest BCUT2D eigenvalue weighted by Gasteiger charge is -2.43. The topological polar surface area (TPSA) is 90.4 Å². The highest BCUT2D eigenvalue weighted by molar-refractivity contribution is 5.99. The molecule has 8 heteroatoms. The zero-order valence-electron chi connectivity index (χ0n) is 24.8. The molecule has 1 aromatic rings. The van der Waals surface area contributed by atoms with Crippen LogP contribution in [0.3, 0.4) is 0 Å². The van der Waals surface area contributed by atoms with Crippen LogP contribution in [-0.2, 0) is 25.7 Å². The van der Waals surface area contributed by atoms with Crippen molar-refractivity contribution in [1.82, 2.24) is 14.7 Å². The fourth-order valence-electron chi connectivity index (χ4n) is 7.25. The highest BCUT2D eigenvalue weighted by Gasteiger charge is 2.80. The molecule has 0 aliphatic carbocycles. The second kappa shape index (κ2) is 10.8. The fraction of sp³-hybridized carbons (Fsp3) is 0.594. The molecule has 8 nitrogen and oxygen atoms in total. The van der Waals surface area contributed by atoms with Gasteiger partial charge < -0.3 is 24.5 Å². The number of aliphatic hydroxyl groups is 1. The molecule has 0 aromatic heterocycles. The molecule has 0 radical (unpaired) electrons. The molecular formula is C32H45N3O5. The lowest BCUT2D eigenvalue weighted by atomic mass is 9.62. The largest absolute Gasteiger partial charge is 0.394 e. The molecular weight excluding hydrogens is 506 g/mol. The molecule has 7 atom stereocenters. The van der Waals surface area contributed by atoms with Crippen LogP contribution in [0.2, 0.25) is 0 Å². The summed E-state index contributed by atoms with van der Waals surface area (Å²) in [6.45, 7) is 19.9. The van der Waals surface area contributed by atoms with Crippen molar-refractivity contribution < 1.29 is 24.2 Å². The summed E-state index contributed by atoms with van der Waals surface area (Å²) in [5, 5.41) is 10.2. The molecule has 3 aliphatic rings. The van der Waals surface area contributed by atoms with Crippen LogP contribution in [-0.4, -0.2) is 86.0 Å². The number of aliphatic hydroxyl groups excluding tert-OH is 1. The first-order valence-electron chi connectivity index (χ1n) is 14.3. The Kier molecular flexibility index (Phi) is 8.09. The second-order valence-corrected chi connectivity index (χ2v) is 12.9. The maximum Gasteiger partial charge on any atom is 0.249 e. The van der Waals surface area contributed by atoms with Crippen LogP contribution >= 0.6 is 0 Å². The zero-order chi connectivity index (χ0) is 29.6. The minimum atomic E-state index is -1.18. The number of hydrogen-bond acceptors (Lipinski definition) is 5. The van der Waals surface area contributed by atoms with Gasteiger partial charge in [-0.15, -0.1) is 13.2 Å². The van der Waals surface area contributed by atoms with Crippen LogP contribution in [0.5, 0.6) is 0 Å². The summed E-state index contributed by atoms with van der Waals surface area (Å²) in [6, 6.07) is 8.14. The van der Waals surface area contributed by atoms with Gasteiger partial charge in [-0.25, -0.2) is 0 Å². The van der Waals surface area contributed by atoms with Crippen molar-refractivity contribution in [2.75, 3.05) is 19.7 Å². The molecule has 0 saturated carbocycles. The third-order valence-electron chi connectivity index (χ3n) is 9.26. The monoisotopic (exact) mass is 551 g/mol. The number of nitrogens with zero attached hydrogens (tertiary/aromatic N) is 3. The van der Waals surface area contributed by atoms with E-state index in [4.69, 9.17) is 4.74 Å². The summed E-state index contributed by atoms with van der Waals surface area (Å²) in [6.07, 6.45) is 3.84. The van der Waals surface area contributed by atoms with Crippen molar-refractivity contribution in [3.63, 3.8) is 0 Å². The predicted molar refractivity (Wildman–Crippen MR) is 154 cm³/mol. The van der Waals surface area contributed by atoms with Gasteiger partial charge in [0.05, 0.1) is 30.1 Å². The van der Waals surface area contributed by atoms with Crippen LogP contribution in [0.4, 0.5) is 0 Å². The van der Waals surface area contributed by atoms with Gasteiger partial charge in [-0.05, 0) is 52.5 Å². The SMILES string of the molecule is C=CCN(Cc1ccccc1)C(=O)[C@H]1[C@H]2C(=O)N([C@H](C)CO)C(C(=O)N(CC=C)C(C)(C)C)C23CC(C)[C@]1(C)O3. The van der Waals surface area contributed by atoms with Crippen LogP contribution in [0.1, 0.15) is 53.5 Å². The molecule has 2 bridgehead atoms. The number of carbonyl (C=O) groups is 3. The molecule has 3 heterocycles. The van der Waals surface area contributed by atoms with Crippen molar-refractivity contribution in [2.24, 2.45) is 17.8 Å². The summed E-state index contributed by atoms with van der Waals surface area (Å²) in [7, 11) is 0. The first-order chi connectivity index (χ1) is 18.8. The van der Waals surface area contributed by atoms with Crippen molar-refractivity contribution in [3.8, 4) is 0 Å². The molecule has 218 valence electrons. The Morgan fingerprint density at radius 3 is 2.35 bits per heavy atom. The second-order valence-electron chi connectivity index (χ2n) is 12.9. The zero-order valence-corrected chi connectivity index (χ0v) is 24.8. The fourth-order valence-corrected chi connectivity index (χ4v) is 7.25. The molecule has 3 saturated heterocycles. The smallest absolute Gasteiger partial charge is 0.249 e. The van der Waals surface area contributed by atoms with Gasteiger partial charge in [0.2, 0.25) is 17.7 Å². The minimum Gasteiger partial charge on any atom is -0.394 e. The van der Waals surface area contributed by atoms with Gasteiger partial charge >= 0.3 is 0 Å². The number of rotatable bonds is 10. The van der Waals surface area contributed by atoms with E-state index in [0.717, 1.165) is 5.56 Å². The molecule has 3 aliphatic heterocycles. The predicted octanol–water partition coefficient (Wildman–Crippen LogP) is 3.41. The van der Waals surface area contributed by atoms with Gasteiger partial charge in [0.15, 0.2) is 0 Å². The lowest BCUT2D eigenvalue weighted by Crippen LogP contribution is -2.61. The van der Waals surface area contributed by atoms with E-state index in [9.17, 15) is 19.5 Å². The van der Waals surface area contributed by atoms with E-state index >= 15 is 0 Å². The number of amides is 3. The molecule has 3 unspecified atom stereocenters. The lowest BCUT2D eigenvalue weighted by molar-refractivity contribution is -0.159. The van der Waals surface area contributed by atoms with E-state index in [0.29, 0.717) is 26.1 Å². The summed E-state index contributed by atoms with van der Waals surface area (Å²) in [5.74, 6) is -2.42. The van der Waals surface area contributed by atoms with E-state index in [2.05, 4.69) is 13.2 Å². The Morgan fingerprint density at radius 1 is 1.18 bits per heavy atom. The third-order valence-corrected chi connectivity index (χ3v) is 9.26. The van der Waals surface area contributed by atoms with E-state index in [1.54, 1.807) is 28.9 Å². The number of fused-ring (bicyclic) bond motifs is 1. The number of benzene rings is 1. The summed E-state index contributed by atoms with van der Waals surface area (Å²) >= 11 is 0. The molecule has 1 spiro atoms. The van der Waals surface area contributed by atoms with Crippen LogP contribution in [0.25, 0.3) is 0 Å². The molecule has 1 N–H and O–H groups in total. The van der Waals surface area contributed by atoms with Crippen molar-refractivity contribution in [3.05, 3.63) is 61.2 Å². The Bertz CT molecular complexity index is 1160. The number of hydrogen-bond donors (Lipinski definition) is 1. The molecule has 3 fully saturated rings. The molecule has 40 heavy (non-hydrogen) atoms. The standard InChI is InChI=1S/C32H45N3O5/c1-9-16-33(19-23-14-12-11-13-15-23)27(37)24-25-28(38)35(22(4)20-36)26(29(39)34(17-10-2)30(5,6)7)32(25)18-21(3)31(24,8)40-32/h9-15,21-22,24-26,36H,1-2,16-20H2,3-8H3/t21?,22-,24-,25+,26?,31+,32?/m1/s1. The number of likely N-dealkylation sites (tertiary alicyclic amines) is 1. The van der Waals surface area contributed by atoms with Gasteiger partial charge in [0, 0.05) is 25.2 Å². The molecule has 1 aromatic carbocycles. The van der Waals surface area contributed by atoms with E-state index < -0.39 is 40.7 Å². The van der Waals surface area contributed by atoms with E-state index in [1.807, 2.05) is 65.0 Å². The first-order valence-corrected chi connectivity index (χ1v) is 14.3. The average molecular weight is 552 g/mol. The summed E-state index contributed by atoms with van der Waals surface area (Å²) in [4.78, 5) is 48.2. The third kappa shape index (κ3) is 4.59. The normalized spacial score (nSPS) is 31.6. The van der Waals surface area contributed by atoms with Crippen molar-refractivity contribution in [1.29, 1.82) is 0 Å². The van der Waals surface area contributed by atoms with Gasteiger partial charge in [0.25, 0.3) is 0 Å². The van der Waals surface area contributed by atoms with E-state index in [1.165, 1.54) is 4.90 Å². The van der Waals surface area contributed by atoms with Gasteiger partial charge in [-0.2, -0.15) is 0 Å². The van der Waals surface area contributed by atoms with Crippen molar-refractivity contribution >= 4 is 17.7 Å². The Hall–Kier alpha value is -2.97. The van der Waals surface area contributed by atoms with Crippen molar-refractivity contribution in [2.45, 2.75) is 83.3 Å². The highest BCUT2D eigenvalue weighted by atomic mass is 16.5. The van der Waals surface area contributed by atoms with Gasteiger partial charge in [-0.3, -0.25) is 14.4 Å².